The summed E-state index contributed by atoms with van der Waals surface area (Å²) in [4.78, 5) is 12.2. The third-order valence-electron chi connectivity index (χ3n) is 3.60. The molecule has 19 heavy (non-hydrogen) atoms. The van der Waals surface area contributed by atoms with E-state index in [1.165, 1.54) is 18.6 Å². The van der Waals surface area contributed by atoms with E-state index >= 15 is 0 Å². The number of hydrogen-bond donors (Lipinski definition) is 1. The van der Waals surface area contributed by atoms with Crippen LogP contribution >= 0.6 is 31.9 Å². The van der Waals surface area contributed by atoms with Crippen LogP contribution in [-0.4, -0.2) is 17.3 Å². The molecule has 1 aliphatic carbocycles. The number of carbonyl (C=O) groups excluding carboxylic acids is 1. The topological polar surface area (TPSA) is 29.1 Å². The van der Waals surface area contributed by atoms with Crippen LogP contribution in [0.5, 0.6) is 0 Å². The van der Waals surface area contributed by atoms with Crippen molar-refractivity contribution >= 4 is 37.8 Å². The fraction of sp³-hybridized carbons (Fsp3) is 0.500. The summed E-state index contributed by atoms with van der Waals surface area (Å²) in [7, 11) is 0. The van der Waals surface area contributed by atoms with Crippen molar-refractivity contribution in [2.45, 2.75) is 31.7 Å². The Hall–Kier alpha value is -0.420. The van der Waals surface area contributed by atoms with Gasteiger partial charge in [0.05, 0.1) is 5.56 Å². The second kappa shape index (κ2) is 6.84. The molecule has 0 radical (unpaired) electrons. The molecule has 1 aromatic carbocycles. The Kier molecular flexibility index (Phi) is 5.39. The molecule has 1 fully saturated rings. The summed E-state index contributed by atoms with van der Waals surface area (Å²) in [6, 6.07) is 4.56. The number of amides is 1. The van der Waals surface area contributed by atoms with Gasteiger partial charge in [-0.25, -0.2) is 4.39 Å². The molecular formula is C14H16Br2FNO. The highest BCUT2D eigenvalue weighted by Gasteiger charge is 2.26. The molecule has 5 heteroatoms. The van der Waals surface area contributed by atoms with Gasteiger partial charge in [-0.05, 0) is 37.0 Å². The molecule has 2 atom stereocenters. The molecular weight excluding hydrogens is 377 g/mol. The lowest BCUT2D eigenvalue weighted by molar-refractivity contribution is 0.0907. The molecule has 104 valence electrons. The summed E-state index contributed by atoms with van der Waals surface area (Å²) < 4.78 is 14.4. The van der Waals surface area contributed by atoms with Gasteiger partial charge in [-0.1, -0.05) is 44.7 Å². The zero-order chi connectivity index (χ0) is 13.8. The van der Waals surface area contributed by atoms with Gasteiger partial charge in [-0.2, -0.15) is 0 Å². The van der Waals surface area contributed by atoms with E-state index in [1.807, 2.05) is 0 Å². The van der Waals surface area contributed by atoms with E-state index in [1.54, 1.807) is 6.07 Å². The van der Waals surface area contributed by atoms with Gasteiger partial charge < -0.3 is 5.32 Å². The lowest BCUT2D eigenvalue weighted by Crippen LogP contribution is -2.43. The van der Waals surface area contributed by atoms with Crippen molar-refractivity contribution in [2.75, 3.05) is 5.33 Å². The summed E-state index contributed by atoms with van der Waals surface area (Å²) in [5.74, 6) is -0.364. The van der Waals surface area contributed by atoms with E-state index in [9.17, 15) is 9.18 Å². The second-order valence-electron chi connectivity index (χ2n) is 4.90. The Labute approximate surface area is 129 Å². The van der Waals surface area contributed by atoms with Crippen LogP contribution in [0, 0.1) is 11.7 Å². The number of halogens is 3. The number of alkyl halides is 1. The molecule has 0 saturated heterocycles. The number of rotatable bonds is 3. The molecule has 0 heterocycles. The monoisotopic (exact) mass is 391 g/mol. The number of nitrogens with one attached hydrogen (secondary N) is 1. The van der Waals surface area contributed by atoms with Crippen LogP contribution in [0.4, 0.5) is 4.39 Å². The van der Waals surface area contributed by atoms with Crippen molar-refractivity contribution < 1.29 is 9.18 Å². The SMILES string of the molecule is O=C(NC1CCCCC1CBr)c1cc(Br)ccc1F. The standard InChI is InChI=1S/C14H16Br2FNO/c15-8-9-3-1-2-4-13(9)18-14(19)11-7-10(16)5-6-12(11)17/h5-7,9,13H,1-4,8H2,(H,18,19). The molecule has 1 aromatic rings. The van der Waals surface area contributed by atoms with Crippen LogP contribution < -0.4 is 5.32 Å². The van der Waals surface area contributed by atoms with E-state index in [0.29, 0.717) is 10.4 Å². The van der Waals surface area contributed by atoms with Gasteiger partial charge in [-0.3, -0.25) is 4.79 Å². The molecule has 2 rings (SSSR count). The third kappa shape index (κ3) is 3.78. The maximum absolute atomic E-state index is 13.7. The number of carbonyl (C=O) groups is 1. The zero-order valence-corrected chi connectivity index (χ0v) is 13.6. The summed E-state index contributed by atoms with van der Waals surface area (Å²) in [5.41, 5.74) is 0.105. The minimum atomic E-state index is -0.480. The van der Waals surface area contributed by atoms with Crippen LogP contribution in [-0.2, 0) is 0 Å². The molecule has 1 N–H and O–H groups in total. The molecule has 2 unspecified atom stereocenters. The summed E-state index contributed by atoms with van der Waals surface area (Å²) >= 11 is 6.75. The van der Waals surface area contributed by atoms with Crippen LogP contribution in [0.2, 0.25) is 0 Å². The smallest absolute Gasteiger partial charge is 0.254 e. The van der Waals surface area contributed by atoms with Crippen LogP contribution in [0.3, 0.4) is 0 Å². The lowest BCUT2D eigenvalue weighted by atomic mass is 9.86. The maximum Gasteiger partial charge on any atom is 0.254 e. The predicted octanol–water partition coefficient (Wildman–Crippen LogP) is 4.27. The Morgan fingerprint density at radius 1 is 1.37 bits per heavy atom. The highest BCUT2D eigenvalue weighted by Crippen LogP contribution is 2.26. The van der Waals surface area contributed by atoms with E-state index in [2.05, 4.69) is 37.2 Å². The summed E-state index contributed by atoms with van der Waals surface area (Å²) in [6.45, 7) is 0. The molecule has 1 saturated carbocycles. The van der Waals surface area contributed by atoms with E-state index in [0.717, 1.165) is 24.6 Å². The first-order chi connectivity index (χ1) is 9.11. The van der Waals surface area contributed by atoms with Crippen molar-refractivity contribution in [1.82, 2.24) is 5.32 Å². The second-order valence-corrected chi connectivity index (χ2v) is 6.47. The van der Waals surface area contributed by atoms with E-state index in [-0.39, 0.29) is 17.5 Å². The Balaban J connectivity index is 2.09. The van der Waals surface area contributed by atoms with E-state index in [4.69, 9.17) is 0 Å². The first kappa shape index (κ1) is 15.0. The van der Waals surface area contributed by atoms with Crippen molar-refractivity contribution in [1.29, 1.82) is 0 Å². The van der Waals surface area contributed by atoms with Crippen molar-refractivity contribution in [3.05, 3.63) is 34.1 Å². The zero-order valence-electron chi connectivity index (χ0n) is 10.5. The van der Waals surface area contributed by atoms with Crippen molar-refractivity contribution in [3.63, 3.8) is 0 Å². The predicted molar refractivity (Wildman–Crippen MR) is 81.1 cm³/mol. The van der Waals surface area contributed by atoms with Crippen LogP contribution in [0.25, 0.3) is 0 Å². The highest BCUT2D eigenvalue weighted by molar-refractivity contribution is 9.10. The number of benzene rings is 1. The summed E-state index contributed by atoms with van der Waals surface area (Å²) in [6.07, 6.45) is 4.40. The van der Waals surface area contributed by atoms with E-state index < -0.39 is 5.82 Å². The van der Waals surface area contributed by atoms with Crippen molar-refractivity contribution in [2.24, 2.45) is 5.92 Å². The molecule has 1 aliphatic rings. The minimum Gasteiger partial charge on any atom is -0.349 e. The molecule has 2 nitrogen and oxygen atoms in total. The van der Waals surface area contributed by atoms with Gasteiger partial charge in [0.25, 0.3) is 5.91 Å². The van der Waals surface area contributed by atoms with Gasteiger partial charge >= 0.3 is 0 Å². The normalized spacial score (nSPS) is 23.1. The van der Waals surface area contributed by atoms with Gasteiger partial charge in [0.15, 0.2) is 0 Å². The Morgan fingerprint density at radius 2 is 2.11 bits per heavy atom. The fourth-order valence-electron chi connectivity index (χ4n) is 2.50. The van der Waals surface area contributed by atoms with Crippen LogP contribution in [0.15, 0.2) is 22.7 Å². The third-order valence-corrected chi connectivity index (χ3v) is 4.92. The Bertz CT molecular complexity index is 467. The summed E-state index contributed by atoms with van der Waals surface area (Å²) in [5, 5.41) is 3.85. The molecule has 1 amide bonds. The number of hydrogen-bond acceptors (Lipinski definition) is 1. The molecule has 0 aliphatic heterocycles. The molecule has 0 bridgehead atoms. The maximum atomic E-state index is 13.7. The van der Waals surface area contributed by atoms with Crippen LogP contribution in [0.1, 0.15) is 36.0 Å². The van der Waals surface area contributed by atoms with Gasteiger partial charge in [0.2, 0.25) is 0 Å². The fourth-order valence-corrected chi connectivity index (χ4v) is 3.64. The minimum absolute atomic E-state index is 0.105. The molecule has 0 aromatic heterocycles. The first-order valence-corrected chi connectivity index (χ1v) is 8.35. The lowest BCUT2D eigenvalue weighted by Gasteiger charge is -2.31. The average molecular weight is 393 g/mol. The average Bonchev–Trinajstić information content (AvgIpc) is 2.42. The van der Waals surface area contributed by atoms with Gasteiger partial charge in [0.1, 0.15) is 5.82 Å². The first-order valence-electron chi connectivity index (χ1n) is 6.43. The quantitative estimate of drug-likeness (QED) is 0.764. The largest absolute Gasteiger partial charge is 0.349 e. The molecule has 0 spiro atoms. The van der Waals surface area contributed by atoms with Crippen molar-refractivity contribution in [3.8, 4) is 0 Å². The Morgan fingerprint density at radius 3 is 2.84 bits per heavy atom. The van der Waals surface area contributed by atoms with Gasteiger partial charge in [-0.15, -0.1) is 0 Å². The van der Waals surface area contributed by atoms with Gasteiger partial charge in [0, 0.05) is 15.8 Å². The highest BCUT2D eigenvalue weighted by atomic mass is 79.9.